The standard InChI is InChI=1S/C9H17N3O/c1-9(2,3)7(13)4-12-5-8(10)11-6-12/h5-7,13H,4,10H2,1-3H3. The number of imidazole rings is 1. The summed E-state index contributed by atoms with van der Waals surface area (Å²) < 4.78 is 1.80. The van der Waals surface area contributed by atoms with Crippen molar-refractivity contribution in [2.24, 2.45) is 5.41 Å². The van der Waals surface area contributed by atoms with E-state index in [2.05, 4.69) is 4.98 Å². The molecule has 0 bridgehead atoms. The molecular weight excluding hydrogens is 166 g/mol. The maximum atomic E-state index is 9.76. The van der Waals surface area contributed by atoms with Crippen LogP contribution in [0.5, 0.6) is 0 Å². The number of aliphatic hydroxyl groups is 1. The van der Waals surface area contributed by atoms with Gasteiger partial charge in [-0.15, -0.1) is 0 Å². The molecule has 3 N–H and O–H groups in total. The highest BCUT2D eigenvalue weighted by Crippen LogP contribution is 2.20. The monoisotopic (exact) mass is 183 g/mol. The fourth-order valence-electron chi connectivity index (χ4n) is 0.951. The minimum absolute atomic E-state index is 0.112. The molecule has 0 radical (unpaired) electrons. The SMILES string of the molecule is CC(C)(C)C(O)Cn1cnc(N)c1. The Bertz CT molecular complexity index is 275. The quantitative estimate of drug-likeness (QED) is 0.715. The summed E-state index contributed by atoms with van der Waals surface area (Å²) in [4.78, 5) is 3.88. The number of hydrogen-bond donors (Lipinski definition) is 2. The largest absolute Gasteiger partial charge is 0.391 e. The Morgan fingerprint density at radius 1 is 1.62 bits per heavy atom. The lowest BCUT2D eigenvalue weighted by atomic mass is 9.89. The van der Waals surface area contributed by atoms with Crippen LogP contribution in [-0.4, -0.2) is 20.8 Å². The van der Waals surface area contributed by atoms with Crippen molar-refractivity contribution >= 4 is 5.82 Å². The summed E-state index contributed by atoms with van der Waals surface area (Å²) >= 11 is 0. The number of nitrogens with zero attached hydrogens (tertiary/aromatic N) is 2. The predicted molar refractivity (Wildman–Crippen MR) is 52.1 cm³/mol. The average Bonchev–Trinajstić information content (AvgIpc) is 2.33. The molecule has 0 saturated heterocycles. The van der Waals surface area contributed by atoms with Crippen molar-refractivity contribution in [1.82, 2.24) is 9.55 Å². The molecule has 4 heteroatoms. The molecule has 13 heavy (non-hydrogen) atoms. The number of anilines is 1. The van der Waals surface area contributed by atoms with Crippen molar-refractivity contribution in [3.63, 3.8) is 0 Å². The highest BCUT2D eigenvalue weighted by atomic mass is 16.3. The third-order valence-electron chi connectivity index (χ3n) is 2.04. The average molecular weight is 183 g/mol. The molecule has 0 aliphatic rings. The molecule has 1 unspecified atom stereocenters. The van der Waals surface area contributed by atoms with Crippen molar-refractivity contribution in [2.75, 3.05) is 5.73 Å². The van der Waals surface area contributed by atoms with Gasteiger partial charge in [-0.2, -0.15) is 0 Å². The molecule has 1 aromatic rings. The molecule has 74 valence electrons. The smallest absolute Gasteiger partial charge is 0.141 e. The number of hydrogen-bond acceptors (Lipinski definition) is 3. The molecule has 1 rings (SSSR count). The lowest BCUT2D eigenvalue weighted by Crippen LogP contribution is -2.30. The molecule has 1 aromatic heterocycles. The summed E-state index contributed by atoms with van der Waals surface area (Å²) in [5.74, 6) is 0.487. The first-order valence-electron chi connectivity index (χ1n) is 4.35. The third-order valence-corrected chi connectivity index (χ3v) is 2.04. The molecule has 1 atom stereocenters. The number of aromatic nitrogens is 2. The van der Waals surface area contributed by atoms with E-state index < -0.39 is 0 Å². The van der Waals surface area contributed by atoms with Gasteiger partial charge in [0.05, 0.1) is 19.0 Å². The van der Waals surface area contributed by atoms with Gasteiger partial charge < -0.3 is 15.4 Å². The van der Waals surface area contributed by atoms with Crippen LogP contribution in [0.25, 0.3) is 0 Å². The molecule has 0 spiro atoms. The van der Waals surface area contributed by atoms with Gasteiger partial charge in [0, 0.05) is 6.20 Å². The number of aliphatic hydroxyl groups excluding tert-OH is 1. The van der Waals surface area contributed by atoms with Crippen LogP contribution in [0.15, 0.2) is 12.5 Å². The van der Waals surface area contributed by atoms with Crippen LogP contribution < -0.4 is 5.73 Å². The lowest BCUT2D eigenvalue weighted by Gasteiger charge is -2.25. The van der Waals surface area contributed by atoms with Crippen molar-refractivity contribution in [2.45, 2.75) is 33.4 Å². The molecule has 0 saturated carbocycles. The van der Waals surface area contributed by atoms with Gasteiger partial charge in [0.25, 0.3) is 0 Å². The van der Waals surface area contributed by atoms with E-state index in [1.54, 1.807) is 17.1 Å². The summed E-state index contributed by atoms with van der Waals surface area (Å²) in [6.45, 7) is 6.53. The zero-order valence-corrected chi connectivity index (χ0v) is 8.36. The van der Waals surface area contributed by atoms with Crippen molar-refractivity contribution in [3.8, 4) is 0 Å². The van der Waals surface area contributed by atoms with E-state index in [-0.39, 0.29) is 11.5 Å². The van der Waals surface area contributed by atoms with E-state index in [0.717, 1.165) is 0 Å². The van der Waals surface area contributed by atoms with Gasteiger partial charge in [-0.25, -0.2) is 4.98 Å². The van der Waals surface area contributed by atoms with Crippen LogP contribution in [0.3, 0.4) is 0 Å². The molecular formula is C9H17N3O. The van der Waals surface area contributed by atoms with Gasteiger partial charge in [-0.05, 0) is 5.41 Å². The topological polar surface area (TPSA) is 64.1 Å². The first kappa shape index (κ1) is 10.1. The zero-order valence-electron chi connectivity index (χ0n) is 8.36. The number of rotatable bonds is 2. The minimum Gasteiger partial charge on any atom is -0.391 e. The molecule has 0 fully saturated rings. The van der Waals surface area contributed by atoms with Crippen molar-refractivity contribution in [3.05, 3.63) is 12.5 Å². The summed E-state index contributed by atoms with van der Waals surface area (Å²) in [5, 5.41) is 9.76. The Morgan fingerprint density at radius 2 is 2.23 bits per heavy atom. The van der Waals surface area contributed by atoms with E-state index in [1.165, 1.54) is 0 Å². The molecule has 0 aliphatic heterocycles. The molecule has 1 heterocycles. The normalized spacial score (nSPS) is 14.5. The summed E-state index contributed by atoms with van der Waals surface area (Å²) in [6, 6.07) is 0. The second-order valence-electron chi connectivity index (χ2n) is 4.38. The van der Waals surface area contributed by atoms with Crippen LogP contribution in [-0.2, 0) is 6.54 Å². The van der Waals surface area contributed by atoms with Gasteiger partial charge in [-0.3, -0.25) is 0 Å². The summed E-state index contributed by atoms with van der Waals surface area (Å²) in [7, 11) is 0. The zero-order chi connectivity index (χ0) is 10.1. The highest BCUT2D eigenvalue weighted by Gasteiger charge is 2.22. The van der Waals surface area contributed by atoms with Crippen LogP contribution in [0.4, 0.5) is 5.82 Å². The summed E-state index contributed by atoms with van der Waals surface area (Å²) in [6.07, 6.45) is 2.96. The van der Waals surface area contributed by atoms with Crippen molar-refractivity contribution < 1.29 is 5.11 Å². The number of nitrogens with two attached hydrogens (primary N) is 1. The second kappa shape index (κ2) is 3.38. The summed E-state index contributed by atoms with van der Waals surface area (Å²) in [5.41, 5.74) is 5.34. The Kier molecular flexibility index (Phi) is 2.61. The fraction of sp³-hybridized carbons (Fsp3) is 0.667. The van der Waals surface area contributed by atoms with Crippen LogP contribution in [0.2, 0.25) is 0 Å². The van der Waals surface area contributed by atoms with Gasteiger partial charge in [0.1, 0.15) is 5.82 Å². The lowest BCUT2D eigenvalue weighted by molar-refractivity contribution is 0.0481. The Labute approximate surface area is 78.4 Å². The predicted octanol–water partition coefficient (Wildman–Crippen LogP) is 0.872. The van der Waals surface area contributed by atoms with Crippen LogP contribution in [0, 0.1) is 5.41 Å². The van der Waals surface area contributed by atoms with E-state index in [0.29, 0.717) is 12.4 Å². The van der Waals surface area contributed by atoms with Gasteiger partial charge in [0.15, 0.2) is 0 Å². The second-order valence-corrected chi connectivity index (χ2v) is 4.38. The fourth-order valence-corrected chi connectivity index (χ4v) is 0.951. The van der Waals surface area contributed by atoms with Crippen molar-refractivity contribution in [1.29, 1.82) is 0 Å². The highest BCUT2D eigenvalue weighted by molar-refractivity contribution is 5.22. The molecule has 0 aromatic carbocycles. The first-order valence-corrected chi connectivity index (χ1v) is 4.35. The van der Waals surface area contributed by atoms with Crippen LogP contribution in [0.1, 0.15) is 20.8 Å². The van der Waals surface area contributed by atoms with Crippen LogP contribution >= 0.6 is 0 Å². The maximum absolute atomic E-state index is 9.76. The number of nitrogen functional groups attached to an aromatic ring is 1. The Hall–Kier alpha value is -1.03. The van der Waals surface area contributed by atoms with E-state index in [1.807, 2.05) is 20.8 Å². The third kappa shape index (κ3) is 2.73. The molecule has 0 amide bonds. The molecule has 4 nitrogen and oxygen atoms in total. The Morgan fingerprint density at radius 3 is 2.62 bits per heavy atom. The van der Waals surface area contributed by atoms with E-state index in [9.17, 15) is 5.11 Å². The van der Waals surface area contributed by atoms with E-state index in [4.69, 9.17) is 5.73 Å². The van der Waals surface area contributed by atoms with Gasteiger partial charge >= 0.3 is 0 Å². The van der Waals surface area contributed by atoms with E-state index >= 15 is 0 Å². The maximum Gasteiger partial charge on any atom is 0.141 e. The minimum atomic E-state index is -0.388. The van der Waals surface area contributed by atoms with Gasteiger partial charge in [0.2, 0.25) is 0 Å². The first-order chi connectivity index (χ1) is 5.89. The Balaban J connectivity index is 2.60. The molecule has 0 aliphatic carbocycles. The van der Waals surface area contributed by atoms with Gasteiger partial charge in [-0.1, -0.05) is 20.8 Å².